The molecule has 2 aromatic carbocycles. The van der Waals surface area contributed by atoms with Gasteiger partial charge in [0.1, 0.15) is 10.7 Å². The van der Waals surface area contributed by atoms with E-state index in [4.69, 9.17) is 5.26 Å². The summed E-state index contributed by atoms with van der Waals surface area (Å²) < 4.78 is 0. The fourth-order valence-electron chi connectivity index (χ4n) is 2.08. The molecule has 0 bridgehead atoms. The molecule has 0 saturated heterocycles. The number of thiazole rings is 1. The van der Waals surface area contributed by atoms with Crippen molar-refractivity contribution in [1.29, 1.82) is 5.26 Å². The molecule has 0 radical (unpaired) electrons. The minimum atomic E-state index is -0.239. The lowest BCUT2D eigenvalue weighted by molar-refractivity contribution is 0.102. The van der Waals surface area contributed by atoms with Crippen LogP contribution >= 0.6 is 11.3 Å². The molecule has 112 valence electrons. The van der Waals surface area contributed by atoms with E-state index in [1.54, 1.807) is 17.5 Å². The highest BCUT2D eigenvalue weighted by atomic mass is 32.1. The van der Waals surface area contributed by atoms with Crippen molar-refractivity contribution in [3.05, 3.63) is 71.2 Å². The molecule has 1 N–H and O–H groups in total. The van der Waals surface area contributed by atoms with Gasteiger partial charge in [-0.25, -0.2) is 4.98 Å². The summed E-state index contributed by atoms with van der Waals surface area (Å²) >= 11 is 1.44. The number of nitrogens with zero attached hydrogens (tertiary/aromatic N) is 2. The maximum atomic E-state index is 12.3. The maximum Gasteiger partial charge on any atom is 0.275 e. The average molecular weight is 319 g/mol. The molecule has 3 aromatic rings. The number of hydrogen-bond donors (Lipinski definition) is 1. The summed E-state index contributed by atoms with van der Waals surface area (Å²) in [4.78, 5) is 16.6. The first-order chi connectivity index (χ1) is 11.3. The molecular weight excluding hydrogens is 306 g/mol. The van der Waals surface area contributed by atoms with Gasteiger partial charge in [-0.15, -0.1) is 11.3 Å². The Bertz CT molecular complexity index is 848. The van der Waals surface area contributed by atoms with Gasteiger partial charge >= 0.3 is 0 Å². The number of amides is 1. The molecule has 1 heterocycles. The number of carbonyl (C=O) groups is 1. The van der Waals surface area contributed by atoms with E-state index in [2.05, 4.69) is 16.4 Å². The van der Waals surface area contributed by atoms with Gasteiger partial charge in [-0.2, -0.15) is 5.26 Å². The van der Waals surface area contributed by atoms with Crippen LogP contribution in [0.15, 0.2) is 60.0 Å². The number of benzene rings is 2. The average Bonchev–Trinajstić information content (AvgIpc) is 3.08. The van der Waals surface area contributed by atoms with Gasteiger partial charge in [0.2, 0.25) is 0 Å². The molecule has 23 heavy (non-hydrogen) atoms. The lowest BCUT2D eigenvalue weighted by Gasteiger charge is -2.03. The smallest absolute Gasteiger partial charge is 0.275 e. The monoisotopic (exact) mass is 319 g/mol. The SMILES string of the molecule is N#CCc1ccc(NC(=O)c2csc(-c3ccccc3)n2)cc1. The third-order valence-electron chi connectivity index (χ3n) is 3.25. The predicted molar refractivity (Wildman–Crippen MR) is 91.3 cm³/mol. The molecule has 0 spiro atoms. The van der Waals surface area contributed by atoms with E-state index in [9.17, 15) is 4.79 Å². The summed E-state index contributed by atoms with van der Waals surface area (Å²) in [5.41, 5.74) is 3.00. The van der Waals surface area contributed by atoms with Gasteiger partial charge in [0.25, 0.3) is 5.91 Å². The van der Waals surface area contributed by atoms with Crippen molar-refractivity contribution in [3.63, 3.8) is 0 Å². The molecule has 0 atom stereocenters. The second kappa shape index (κ2) is 6.86. The molecule has 5 heteroatoms. The first kappa shape index (κ1) is 14.9. The van der Waals surface area contributed by atoms with E-state index >= 15 is 0 Å². The van der Waals surface area contributed by atoms with E-state index in [0.717, 1.165) is 16.1 Å². The van der Waals surface area contributed by atoms with Crippen molar-refractivity contribution >= 4 is 22.9 Å². The molecule has 1 aromatic heterocycles. The van der Waals surface area contributed by atoms with Crippen LogP contribution in [0.5, 0.6) is 0 Å². The molecule has 0 saturated carbocycles. The van der Waals surface area contributed by atoms with E-state index in [1.165, 1.54) is 11.3 Å². The predicted octanol–water partition coefficient (Wildman–Crippen LogP) is 4.13. The van der Waals surface area contributed by atoms with Gasteiger partial charge in [-0.3, -0.25) is 4.79 Å². The number of nitrogens with one attached hydrogen (secondary N) is 1. The minimum Gasteiger partial charge on any atom is -0.321 e. The number of carbonyl (C=O) groups excluding carboxylic acids is 1. The highest BCUT2D eigenvalue weighted by Crippen LogP contribution is 2.23. The summed E-state index contributed by atoms with van der Waals surface area (Å²) in [6.07, 6.45) is 0.362. The highest BCUT2D eigenvalue weighted by Gasteiger charge is 2.12. The Morgan fingerprint density at radius 2 is 1.87 bits per heavy atom. The summed E-state index contributed by atoms with van der Waals surface area (Å²) in [6.45, 7) is 0. The van der Waals surface area contributed by atoms with Gasteiger partial charge in [0.15, 0.2) is 0 Å². The zero-order chi connectivity index (χ0) is 16.1. The summed E-state index contributed by atoms with van der Waals surface area (Å²) in [6, 6.07) is 19.1. The quantitative estimate of drug-likeness (QED) is 0.786. The Kier molecular flexibility index (Phi) is 4.46. The fourth-order valence-corrected chi connectivity index (χ4v) is 2.89. The minimum absolute atomic E-state index is 0.239. The number of nitriles is 1. The van der Waals surface area contributed by atoms with Gasteiger partial charge in [0.05, 0.1) is 12.5 Å². The van der Waals surface area contributed by atoms with Crippen molar-refractivity contribution in [2.45, 2.75) is 6.42 Å². The van der Waals surface area contributed by atoms with Crippen molar-refractivity contribution in [1.82, 2.24) is 4.98 Å². The number of rotatable bonds is 4. The van der Waals surface area contributed by atoms with Gasteiger partial charge in [-0.1, -0.05) is 42.5 Å². The van der Waals surface area contributed by atoms with E-state index in [0.29, 0.717) is 17.8 Å². The Hall–Kier alpha value is -2.97. The normalized spacial score (nSPS) is 10.0. The highest BCUT2D eigenvalue weighted by molar-refractivity contribution is 7.13. The van der Waals surface area contributed by atoms with Crippen molar-refractivity contribution < 1.29 is 4.79 Å². The zero-order valence-electron chi connectivity index (χ0n) is 12.2. The van der Waals surface area contributed by atoms with E-state index in [1.807, 2.05) is 42.5 Å². The van der Waals surface area contributed by atoms with Crippen LogP contribution in [0, 0.1) is 11.3 Å². The lowest BCUT2D eigenvalue weighted by Crippen LogP contribution is -2.12. The van der Waals surface area contributed by atoms with Crippen LogP contribution < -0.4 is 5.32 Å². The van der Waals surface area contributed by atoms with Crippen LogP contribution in [0.4, 0.5) is 5.69 Å². The molecule has 0 aliphatic rings. The number of anilines is 1. The molecule has 0 unspecified atom stereocenters. The Labute approximate surface area is 138 Å². The van der Waals surface area contributed by atoms with Crippen LogP contribution in [-0.2, 0) is 6.42 Å². The topological polar surface area (TPSA) is 65.8 Å². The van der Waals surface area contributed by atoms with Crippen LogP contribution in [-0.4, -0.2) is 10.9 Å². The summed E-state index contributed by atoms with van der Waals surface area (Å²) in [7, 11) is 0. The summed E-state index contributed by atoms with van der Waals surface area (Å²) in [5.74, 6) is -0.239. The molecule has 1 amide bonds. The van der Waals surface area contributed by atoms with Crippen LogP contribution in [0.25, 0.3) is 10.6 Å². The van der Waals surface area contributed by atoms with E-state index < -0.39 is 0 Å². The second-order valence-electron chi connectivity index (χ2n) is 4.89. The van der Waals surface area contributed by atoms with Crippen molar-refractivity contribution in [2.24, 2.45) is 0 Å². The lowest BCUT2D eigenvalue weighted by atomic mass is 10.1. The largest absolute Gasteiger partial charge is 0.321 e. The first-order valence-corrected chi connectivity index (χ1v) is 7.92. The molecule has 4 nitrogen and oxygen atoms in total. The van der Waals surface area contributed by atoms with Crippen LogP contribution in [0.1, 0.15) is 16.1 Å². The molecule has 0 fully saturated rings. The first-order valence-electron chi connectivity index (χ1n) is 7.04. The summed E-state index contributed by atoms with van der Waals surface area (Å²) in [5, 5.41) is 14.0. The second-order valence-corrected chi connectivity index (χ2v) is 5.75. The standard InChI is InChI=1S/C18H13N3OS/c19-11-10-13-6-8-15(9-7-13)20-17(22)16-12-23-18(21-16)14-4-2-1-3-5-14/h1-9,12H,10H2,(H,20,22). The Balaban J connectivity index is 1.71. The van der Waals surface area contributed by atoms with Crippen molar-refractivity contribution in [3.8, 4) is 16.6 Å². The zero-order valence-corrected chi connectivity index (χ0v) is 13.0. The van der Waals surface area contributed by atoms with E-state index in [-0.39, 0.29) is 5.91 Å². The van der Waals surface area contributed by atoms with Crippen LogP contribution in [0.2, 0.25) is 0 Å². The molecular formula is C18H13N3OS. The Morgan fingerprint density at radius 1 is 1.13 bits per heavy atom. The third kappa shape index (κ3) is 3.62. The fraction of sp³-hybridized carbons (Fsp3) is 0.0556. The molecule has 0 aliphatic carbocycles. The maximum absolute atomic E-state index is 12.3. The number of aromatic nitrogens is 1. The van der Waals surface area contributed by atoms with Gasteiger partial charge in [0, 0.05) is 16.6 Å². The van der Waals surface area contributed by atoms with Gasteiger partial charge < -0.3 is 5.32 Å². The van der Waals surface area contributed by atoms with Crippen LogP contribution in [0.3, 0.4) is 0 Å². The molecule has 0 aliphatic heterocycles. The van der Waals surface area contributed by atoms with Crippen molar-refractivity contribution in [2.75, 3.05) is 5.32 Å². The molecule has 3 rings (SSSR count). The third-order valence-corrected chi connectivity index (χ3v) is 4.14. The number of hydrogen-bond acceptors (Lipinski definition) is 4. The Morgan fingerprint density at radius 3 is 2.57 bits per heavy atom. The van der Waals surface area contributed by atoms with Gasteiger partial charge in [-0.05, 0) is 17.7 Å².